The molecule has 2 heteroatoms. The van der Waals surface area contributed by atoms with Crippen molar-refractivity contribution < 1.29 is 17.0 Å². The number of hydrogen-bond donors (Lipinski definition) is 0. The SMILES string of the molecule is [Br-].[CH2-]CCCCC(C)C.[Mg+2]. The summed E-state index contributed by atoms with van der Waals surface area (Å²) in [5, 5.41) is 0. The molecule has 0 nitrogen and oxygen atoms in total. The minimum atomic E-state index is 0. The van der Waals surface area contributed by atoms with Crippen LogP contribution in [0.5, 0.6) is 0 Å². The third-order valence-corrected chi connectivity index (χ3v) is 1.28. The van der Waals surface area contributed by atoms with Crippen molar-refractivity contribution in [1.82, 2.24) is 0 Å². The summed E-state index contributed by atoms with van der Waals surface area (Å²) in [6.07, 6.45) is 5.14. The van der Waals surface area contributed by atoms with Crippen LogP contribution in [-0.4, -0.2) is 23.1 Å². The molecule has 0 saturated carbocycles. The van der Waals surface area contributed by atoms with Crippen LogP contribution in [0.15, 0.2) is 0 Å². The second-order valence-electron chi connectivity index (χ2n) is 2.74. The van der Waals surface area contributed by atoms with Crippen molar-refractivity contribution >= 4 is 23.1 Å². The first-order valence-corrected chi connectivity index (χ1v) is 3.56. The predicted octanol–water partition coefficient (Wildman–Crippen LogP) is -0.340. The number of unbranched alkanes of at least 4 members (excludes halogenated alkanes) is 2. The largest absolute Gasteiger partial charge is 2.00 e. The summed E-state index contributed by atoms with van der Waals surface area (Å²) in [5.74, 6) is 0.876. The molecule has 0 amide bonds. The van der Waals surface area contributed by atoms with Gasteiger partial charge >= 0.3 is 23.1 Å². The molecule has 0 radical (unpaired) electrons. The topological polar surface area (TPSA) is 0 Å². The Morgan fingerprint density at radius 1 is 1.20 bits per heavy atom. The molecule has 0 rings (SSSR count). The van der Waals surface area contributed by atoms with E-state index in [9.17, 15) is 0 Å². The zero-order chi connectivity index (χ0) is 6.41. The van der Waals surface area contributed by atoms with Crippen LogP contribution >= 0.6 is 0 Å². The van der Waals surface area contributed by atoms with Gasteiger partial charge in [-0.25, -0.2) is 0 Å². The number of halogens is 1. The van der Waals surface area contributed by atoms with Gasteiger partial charge < -0.3 is 23.9 Å². The Bertz CT molecular complexity index is 46.5. The molecule has 0 aliphatic rings. The molecule has 0 bridgehead atoms. The van der Waals surface area contributed by atoms with E-state index in [1.807, 2.05) is 0 Å². The molecule has 0 unspecified atom stereocenters. The van der Waals surface area contributed by atoms with Gasteiger partial charge in [-0.1, -0.05) is 33.1 Å². The Morgan fingerprint density at radius 2 is 1.70 bits per heavy atom. The molecule has 0 atom stereocenters. The Hall–Kier alpha value is 1.25. The predicted molar refractivity (Wildman–Crippen MR) is 44.4 cm³/mol. The van der Waals surface area contributed by atoms with Gasteiger partial charge in [-0.3, -0.25) is 0 Å². The Balaban J connectivity index is -0.000000245. The second kappa shape index (κ2) is 12.9. The van der Waals surface area contributed by atoms with Crippen molar-refractivity contribution in [1.29, 1.82) is 0 Å². The van der Waals surface area contributed by atoms with Crippen molar-refractivity contribution in [2.24, 2.45) is 5.92 Å². The minimum absolute atomic E-state index is 0. The van der Waals surface area contributed by atoms with E-state index in [0.717, 1.165) is 12.3 Å². The van der Waals surface area contributed by atoms with Gasteiger partial charge in [0.25, 0.3) is 0 Å². The van der Waals surface area contributed by atoms with E-state index in [-0.39, 0.29) is 40.0 Å². The average Bonchev–Trinajstić information content (AvgIpc) is 1.66. The van der Waals surface area contributed by atoms with E-state index in [1.54, 1.807) is 0 Å². The molecular weight excluding hydrogens is 200 g/mol. The van der Waals surface area contributed by atoms with Crippen molar-refractivity contribution in [3.63, 3.8) is 0 Å². The minimum Gasteiger partial charge on any atom is -1.00 e. The molecule has 0 aromatic carbocycles. The zero-order valence-corrected chi connectivity index (χ0v) is 10.2. The van der Waals surface area contributed by atoms with Gasteiger partial charge in [-0.05, 0) is 5.92 Å². The van der Waals surface area contributed by atoms with E-state index < -0.39 is 0 Å². The summed E-state index contributed by atoms with van der Waals surface area (Å²) in [7, 11) is 0. The number of hydrogen-bond acceptors (Lipinski definition) is 0. The molecule has 0 aromatic rings. The summed E-state index contributed by atoms with van der Waals surface area (Å²) < 4.78 is 0. The summed E-state index contributed by atoms with van der Waals surface area (Å²) in [4.78, 5) is 0. The fourth-order valence-electron chi connectivity index (χ4n) is 0.729. The Kier molecular flexibility index (Phi) is 22.4. The molecule has 0 saturated heterocycles. The smallest absolute Gasteiger partial charge is 1.00 e. The third-order valence-electron chi connectivity index (χ3n) is 1.28. The maximum absolute atomic E-state index is 3.78. The average molecular weight is 217 g/mol. The third kappa shape index (κ3) is 16.1. The first-order chi connectivity index (χ1) is 3.77. The molecule has 0 heterocycles. The van der Waals surface area contributed by atoms with Gasteiger partial charge in [-0.15, -0.1) is 0 Å². The van der Waals surface area contributed by atoms with E-state index >= 15 is 0 Å². The van der Waals surface area contributed by atoms with Crippen molar-refractivity contribution in [3.05, 3.63) is 6.92 Å². The monoisotopic (exact) mass is 216 g/mol. The molecule has 10 heavy (non-hydrogen) atoms. The summed E-state index contributed by atoms with van der Waals surface area (Å²) in [6.45, 7) is 8.32. The van der Waals surface area contributed by atoms with Crippen LogP contribution < -0.4 is 17.0 Å². The van der Waals surface area contributed by atoms with E-state index in [0.29, 0.717) is 0 Å². The molecule has 0 aliphatic carbocycles. The van der Waals surface area contributed by atoms with Crippen LogP contribution in [0.4, 0.5) is 0 Å². The van der Waals surface area contributed by atoms with Crippen LogP contribution in [0.25, 0.3) is 0 Å². The van der Waals surface area contributed by atoms with Gasteiger partial charge in [0.2, 0.25) is 0 Å². The second-order valence-corrected chi connectivity index (χ2v) is 2.74. The van der Waals surface area contributed by atoms with Crippen LogP contribution in [0.2, 0.25) is 0 Å². The normalized spacial score (nSPS) is 8.40. The molecular formula is C8H17BrMg. The van der Waals surface area contributed by atoms with Crippen molar-refractivity contribution in [3.8, 4) is 0 Å². The molecule has 0 spiro atoms. The van der Waals surface area contributed by atoms with Gasteiger partial charge in [0, 0.05) is 0 Å². The van der Waals surface area contributed by atoms with Crippen LogP contribution in [0.1, 0.15) is 39.5 Å². The Labute approximate surface area is 92.1 Å². The summed E-state index contributed by atoms with van der Waals surface area (Å²) in [6, 6.07) is 0. The quantitative estimate of drug-likeness (QED) is 0.343. The maximum Gasteiger partial charge on any atom is 2.00 e. The van der Waals surface area contributed by atoms with Crippen LogP contribution in [0, 0.1) is 12.8 Å². The summed E-state index contributed by atoms with van der Waals surface area (Å²) >= 11 is 0. The first kappa shape index (κ1) is 17.4. The molecule has 0 aliphatic heterocycles. The standard InChI is InChI=1S/C8H17.BrH.Mg/c1-4-5-6-7-8(2)3;;/h8H,1,4-7H2,2-3H3;1H;/q-1;;+2/p-1. The Morgan fingerprint density at radius 3 is 2.00 bits per heavy atom. The van der Waals surface area contributed by atoms with Gasteiger partial charge in [0.05, 0.1) is 0 Å². The molecule has 0 fully saturated rings. The van der Waals surface area contributed by atoms with Crippen molar-refractivity contribution in [2.75, 3.05) is 0 Å². The fourth-order valence-corrected chi connectivity index (χ4v) is 0.729. The van der Waals surface area contributed by atoms with Crippen LogP contribution in [-0.2, 0) is 0 Å². The van der Waals surface area contributed by atoms with Gasteiger partial charge in [-0.2, -0.15) is 6.42 Å². The van der Waals surface area contributed by atoms with E-state index in [2.05, 4.69) is 20.8 Å². The molecule has 0 aromatic heterocycles. The van der Waals surface area contributed by atoms with E-state index in [1.165, 1.54) is 19.3 Å². The first-order valence-electron chi connectivity index (χ1n) is 3.56. The van der Waals surface area contributed by atoms with Crippen molar-refractivity contribution in [2.45, 2.75) is 39.5 Å². The summed E-state index contributed by atoms with van der Waals surface area (Å²) in [5.41, 5.74) is 0. The number of rotatable bonds is 4. The fraction of sp³-hybridized carbons (Fsp3) is 0.875. The maximum atomic E-state index is 3.78. The molecule has 58 valence electrons. The van der Waals surface area contributed by atoms with Crippen LogP contribution in [0.3, 0.4) is 0 Å². The van der Waals surface area contributed by atoms with E-state index in [4.69, 9.17) is 0 Å². The van der Waals surface area contributed by atoms with Gasteiger partial charge in [0.15, 0.2) is 0 Å². The zero-order valence-electron chi connectivity index (χ0n) is 7.20. The van der Waals surface area contributed by atoms with Gasteiger partial charge in [0.1, 0.15) is 0 Å². The molecule has 0 N–H and O–H groups in total.